The van der Waals surface area contributed by atoms with Crippen LogP contribution in [0.1, 0.15) is 65.0 Å². The van der Waals surface area contributed by atoms with Gasteiger partial charge < -0.3 is 14.2 Å². The van der Waals surface area contributed by atoms with E-state index in [0.717, 1.165) is 62.0 Å². The molecule has 1 atom stereocenters. The average molecular weight is 466 g/mol. The highest BCUT2D eigenvalue weighted by atomic mass is 16.5. The molecule has 2 aliphatic rings. The SMILES string of the molecule is COc1cc2c(cc1OC)C(=O)C(CC1CCN(Cc3cccc(C(=O)OC(C)C)c3)CC1)C2. The molecule has 0 radical (unpaired) electrons. The fraction of sp³-hybridized carbons (Fsp3) is 0.500. The number of methoxy groups -OCH3 is 2. The topological polar surface area (TPSA) is 65.1 Å². The number of esters is 1. The van der Waals surface area contributed by atoms with E-state index < -0.39 is 0 Å². The average Bonchev–Trinajstić information content (AvgIpc) is 3.13. The number of ketones is 1. The number of rotatable bonds is 8. The molecular formula is C28H35NO5. The third kappa shape index (κ3) is 5.44. The van der Waals surface area contributed by atoms with Crippen LogP contribution in [0, 0.1) is 11.8 Å². The largest absolute Gasteiger partial charge is 0.493 e. The first-order valence-electron chi connectivity index (χ1n) is 12.2. The monoisotopic (exact) mass is 465 g/mol. The zero-order chi connectivity index (χ0) is 24.2. The molecule has 0 aromatic heterocycles. The molecule has 1 fully saturated rings. The lowest BCUT2D eigenvalue weighted by atomic mass is 9.85. The number of hydrogen-bond acceptors (Lipinski definition) is 6. The third-order valence-electron chi connectivity index (χ3n) is 6.95. The van der Waals surface area contributed by atoms with E-state index in [9.17, 15) is 9.59 Å². The Morgan fingerprint density at radius 2 is 1.76 bits per heavy atom. The summed E-state index contributed by atoms with van der Waals surface area (Å²) in [6.07, 6.45) is 3.76. The van der Waals surface area contributed by atoms with Gasteiger partial charge in [-0.1, -0.05) is 12.1 Å². The molecule has 0 spiro atoms. The van der Waals surface area contributed by atoms with Gasteiger partial charge in [-0.3, -0.25) is 9.69 Å². The minimum atomic E-state index is -0.270. The molecule has 1 heterocycles. The lowest BCUT2D eigenvalue weighted by Gasteiger charge is -2.33. The summed E-state index contributed by atoms with van der Waals surface area (Å²) in [7, 11) is 3.22. The van der Waals surface area contributed by atoms with E-state index in [1.165, 1.54) is 0 Å². The molecule has 182 valence electrons. The number of likely N-dealkylation sites (tertiary alicyclic amines) is 1. The Hall–Kier alpha value is -2.86. The summed E-state index contributed by atoms with van der Waals surface area (Å²) in [6, 6.07) is 11.5. The maximum absolute atomic E-state index is 13.1. The van der Waals surface area contributed by atoms with Crippen LogP contribution in [-0.2, 0) is 17.7 Å². The molecule has 6 nitrogen and oxygen atoms in total. The fourth-order valence-electron chi connectivity index (χ4n) is 5.21. The molecule has 0 saturated carbocycles. The lowest BCUT2D eigenvalue weighted by Crippen LogP contribution is -2.34. The molecule has 1 aliphatic carbocycles. The van der Waals surface area contributed by atoms with Gasteiger partial charge in [-0.2, -0.15) is 0 Å². The van der Waals surface area contributed by atoms with Gasteiger partial charge in [0.15, 0.2) is 17.3 Å². The highest BCUT2D eigenvalue weighted by molar-refractivity contribution is 6.02. The first-order chi connectivity index (χ1) is 16.4. The van der Waals surface area contributed by atoms with Crippen molar-refractivity contribution in [3.63, 3.8) is 0 Å². The molecule has 1 unspecified atom stereocenters. The van der Waals surface area contributed by atoms with Gasteiger partial charge in [0, 0.05) is 18.0 Å². The summed E-state index contributed by atoms with van der Waals surface area (Å²) in [5.74, 6) is 1.87. The number of hydrogen-bond donors (Lipinski definition) is 0. The molecule has 0 bridgehead atoms. The van der Waals surface area contributed by atoms with Crippen molar-refractivity contribution < 1.29 is 23.8 Å². The summed E-state index contributed by atoms with van der Waals surface area (Å²) in [4.78, 5) is 27.7. The molecule has 0 N–H and O–H groups in total. The Morgan fingerprint density at radius 1 is 1.06 bits per heavy atom. The number of Topliss-reactive ketones (excluding diaryl/α,β-unsaturated/α-hetero) is 1. The van der Waals surface area contributed by atoms with Crippen molar-refractivity contribution in [3.05, 3.63) is 58.7 Å². The maximum atomic E-state index is 13.1. The molecular weight excluding hydrogens is 430 g/mol. The number of ether oxygens (including phenoxy) is 3. The van der Waals surface area contributed by atoms with Gasteiger partial charge in [0.25, 0.3) is 0 Å². The maximum Gasteiger partial charge on any atom is 0.338 e. The van der Waals surface area contributed by atoms with Crippen LogP contribution in [0.3, 0.4) is 0 Å². The smallest absolute Gasteiger partial charge is 0.338 e. The van der Waals surface area contributed by atoms with Gasteiger partial charge in [0.1, 0.15) is 0 Å². The van der Waals surface area contributed by atoms with Crippen molar-refractivity contribution in [2.45, 2.75) is 52.2 Å². The Balaban J connectivity index is 1.30. The van der Waals surface area contributed by atoms with Gasteiger partial charge >= 0.3 is 5.97 Å². The molecule has 4 rings (SSSR count). The van der Waals surface area contributed by atoms with Crippen LogP contribution < -0.4 is 9.47 Å². The lowest BCUT2D eigenvalue weighted by molar-refractivity contribution is 0.0377. The minimum absolute atomic E-state index is 0.0482. The summed E-state index contributed by atoms with van der Waals surface area (Å²) in [5.41, 5.74) is 3.59. The van der Waals surface area contributed by atoms with Crippen molar-refractivity contribution in [1.29, 1.82) is 0 Å². The number of fused-ring (bicyclic) bond motifs is 1. The number of nitrogens with zero attached hydrogens (tertiary/aromatic N) is 1. The Kier molecular flexibility index (Phi) is 7.57. The minimum Gasteiger partial charge on any atom is -0.493 e. The van der Waals surface area contributed by atoms with Gasteiger partial charge in [0.2, 0.25) is 0 Å². The van der Waals surface area contributed by atoms with Gasteiger partial charge in [-0.25, -0.2) is 4.79 Å². The van der Waals surface area contributed by atoms with Crippen molar-refractivity contribution in [3.8, 4) is 11.5 Å². The summed E-state index contributed by atoms with van der Waals surface area (Å²) in [5, 5.41) is 0. The van der Waals surface area contributed by atoms with Crippen molar-refractivity contribution in [2.75, 3.05) is 27.3 Å². The van der Waals surface area contributed by atoms with Crippen LogP contribution in [0.15, 0.2) is 36.4 Å². The van der Waals surface area contributed by atoms with Crippen molar-refractivity contribution >= 4 is 11.8 Å². The second-order valence-corrected chi connectivity index (χ2v) is 9.74. The zero-order valence-electron chi connectivity index (χ0n) is 20.6. The summed E-state index contributed by atoms with van der Waals surface area (Å²) >= 11 is 0. The van der Waals surface area contributed by atoms with Crippen LogP contribution in [0.25, 0.3) is 0 Å². The molecule has 1 aliphatic heterocycles. The van der Waals surface area contributed by atoms with Crippen LogP contribution >= 0.6 is 0 Å². The first-order valence-corrected chi connectivity index (χ1v) is 12.2. The van der Waals surface area contributed by atoms with Gasteiger partial charge in [-0.05, 0) is 93.9 Å². The Morgan fingerprint density at radius 3 is 2.44 bits per heavy atom. The number of piperidine rings is 1. The van der Waals surface area contributed by atoms with Crippen LogP contribution in [0.4, 0.5) is 0 Å². The molecule has 34 heavy (non-hydrogen) atoms. The number of carbonyl (C=O) groups excluding carboxylic acids is 2. The molecule has 1 saturated heterocycles. The predicted octanol–water partition coefficient (Wildman–Crippen LogP) is 4.93. The molecule has 2 aromatic carbocycles. The van der Waals surface area contributed by atoms with E-state index in [1.54, 1.807) is 14.2 Å². The third-order valence-corrected chi connectivity index (χ3v) is 6.95. The molecule has 0 amide bonds. The molecule has 6 heteroatoms. The number of carbonyl (C=O) groups is 2. The second kappa shape index (κ2) is 10.6. The number of benzene rings is 2. The van der Waals surface area contributed by atoms with Crippen molar-refractivity contribution in [1.82, 2.24) is 4.90 Å². The van der Waals surface area contributed by atoms with Gasteiger partial charge in [0.05, 0.1) is 25.9 Å². The van der Waals surface area contributed by atoms with Crippen molar-refractivity contribution in [2.24, 2.45) is 11.8 Å². The first kappa shape index (κ1) is 24.3. The van der Waals surface area contributed by atoms with Crippen LogP contribution in [-0.4, -0.2) is 50.1 Å². The normalized spacial score (nSPS) is 18.7. The standard InChI is InChI=1S/C28H35NO5/c1-18(2)34-28(31)21-7-5-6-20(13-21)17-29-10-8-19(9-11-29)12-23-14-22-15-25(32-3)26(33-4)16-24(22)27(23)30/h5-7,13,15-16,18-19,23H,8-12,14,17H2,1-4H3. The van der Waals surface area contributed by atoms with E-state index in [1.807, 2.05) is 44.2 Å². The quantitative estimate of drug-likeness (QED) is 0.515. The zero-order valence-corrected chi connectivity index (χ0v) is 20.6. The summed E-state index contributed by atoms with van der Waals surface area (Å²) in [6.45, 7) is 6.54. The summed E-state index contributed by atoms with van der Waals surface area (Å²) < 4.78 is 16.1. The second-order valence-electron chi connectivity index (χ2n) is 9.74. The Bertz CT molecular complexity index is 1040. The van der Waals surface area contributed by atoms with E-state index in [2.05, 4.69) is 11.0 Å². The predicted molar refractivity (Wildman–Crippen MR) is 131 cm³/mol. The molecule has 2 aromatic rings. The van der Waals surface area contributed by atoms with E-state index in [4.69, 9.17) is 14.2 Å². The van der Waals surface area contributed by atoms with Crippen LogP contribution in [0.5, 0.6) is 11.5 Å². The highest BCUT2D eigenvalue weighted by Gasteiger charge is 2.34. The van der Waals surface area contributed by atoms with E-state index >= 15 is 0 Å². The Labute approximate surface area is 202 Å². The van der Waals surface area contributed by atoms with E-state index in [-0.39, 0.29) is 23.8 Å². The fourth-order valence-corrected chi connectivity index (χ4v) is 5.21. The van der Waals surface area contributed by atoms with Gasteiger partial charge in [-0.15, -0.1) is 0 Å². The van der Waals surface area contributed by atoms with E-state index in [0.29, 0.717) is 23.0 Å². The van der Waals surface area contributed by atoms with Crippen LogP contribution in [0.2, 0.25) is 0 Å². The highest BCUT2D eigenvalue weighted by Crippen LogP contribution is 2.39.